The van der Waals surface area contributed by atoms with Crippen LogP contribution in [0.4, 0.5) is 0 Å². The molecule has 0 aliphatic carbocycles. The number of pyridine rings is 1. The van der Waals surface area contributed by atoms with Crippen LogP contribution >= 0.6 is 0 Å². The largest absolute Gasteiger partial charge is 0.338 e. The molecular formula is C16H21N5O. The maximum absolute atomic E-state index is 12.5. The maximum atomic E-state index is 12.5. The molecule has 2 aromatic heterocycles. The molecule has 3 heterocycles. The highest BCUT2D eigenvalue weighted by Gasteiger charge is 2.27. The Balaban J connectivity index is 1.66. The van der Waals surface area contributed by atoms with Crippen molar-refractivity contribution in [1.82, 2.24) is 24.6 Å². The summed E-state index contributed by atoms with van der Waals surface area (Å²) in [6, 6.07) is 3.60. The van der Waals surface area contributed by atoms with Crippen LogP contribution < -0.4 is 0 Å². The van der Waals surface area contributed by atoms with Crippen LogP contribution in [0.2, 0.25) is 0 Å². The Hall–Kier alpha value is -2.24. The fourth-order valence-corrected chi connectivity index (χ4v) is 3.03. The molecule has 0 bridgehead atoms. The third-order valence-corrected chi connectivity index (χ3v) is 4.03. The van der Waals surface area contributed by atoms with Crippen molar-refractivity contribution in [2.45, 2.75) is 26.7 Å². The predicted octanol–water partition coefficient (Wildman–Crippen LogP) is 2.17. The number of rotatable bonds is 4. The van der Waals surface area contributed by atoms with Crippen molar-refractivity contribution in [3.63, 3.8) is 0 Å². The molecule has 3 rings (SSSR count). The first-order valence-electron chi connectivity index (χ1n) is 7.74. The van der Waals surface area contributed by atoms with Crippen molar-refractivity contribution in [3.8, 4) is 5.82 Å². The van der Waals surface area contributed by atoms with E-state index in [1.54, 1.807) is 23.3 Å². The SMILES string of the molecule is CC(C)CC1CCN(C(=O)c2ccc(-n3cncn3)nc2)C1. The van der Waals surface area contributed by atoms with Gasteiger partial charge in [0.15, 0.2) is 5.82 Å². The lowest BCUT2D eigenvalue weighted by Crippen LogP contribution is -2.29. The van der Waals surface area contributed by atoms with Gasteiger partial charge in [0.05, 0.1) is 5.56 Å². The normalized spacial score (nSPS) is 18.1. The molecule has 2 aromatic rings. The Kier molecular flexibility index (Phi) is 4.18. The summed E-state index contributed by atoms with van der Waals surface area (Å²) in [5.74, 6) is 2.05. The van der Waals surface area contributed by atoms with Crippen molar-refractivity contribution < 1.29 is 4.79 Å². The van der Waals surface area contributed by atoms with Crippen LogP contribution in [0, 0.1) is 11.8 Å². The van der Waals surface area contributed by atoms with E-state index >= 15 is 0 Å². The van der Waals surface area contributed by atoms with Gasteiger partial charge in [-0.15, -0.1) is 0 Å². The van der Waals surface area contributed by atoms with Gasteiger partial charge in [-0.2, -0.15) is 5.10 Å². The van der Waals surface area contributed by atoms with Gasteiger partial charge in [0.25, 0.3) is 5.91 Å². The lowest BCUT2D eigenvalue weighted by atomic mass is 9.97. The van der Waals surface area contributed by atoms with Crippen LogP contribution in [0.1, 0.15) is 37.0 Å². The Morgan fingerprint density at radius 3 is 2.91 bits per heavy atom. The minimum absolute atomic E-state index is 0.0731. The number of aromatic nitrogens is 4. The molecule has 0 aromatic carbocycles. The second kappa shape index (κ2) is 6.25. The highest BCUT2D eigenvalue weighted by molar-refractivity contribution is 5.94. The van der Waals surface area contributed by atoms with Gasteiger partial charge in [0, 0.05) is 19.3 Å². The molecule has 1 aliphatic rings. The van der Waals surface area contributed by atoms with Crippen molar-refractivity contribution >= 4 is 5.91 Å². The molecule has 1 atom stereocenters. The second-order valence-electron chi connectivity index (χ2n) is 6.28. The molecule has 0 spiro atoms. The zero-order valence-corrected chi connectivity index (χ0v) is 13.0. The van der Waals surface area contributed by atoms with E-state index in [4.69, 9.17) is 0 Å². The minimum Gasteiger partial charge on any atom is -0.338 e. The first-order valence-corrected chi connectivity index (χ1v) is 7.74. The molecule has 1 unspecified atom stereocenters. The van der Waals surface area contributed by atoms with E-state index in [0.717, 1.165) is 19.5 Å². The molecular weight excluding hydrogens is 278 g/mol. The van der Waals surface area contributed by atoms with Gasteiger partial charge in [0.1, 0.15) is 12.7 Å². The van der Waals surface area contributed by atoms with E-state index in [2.05, 4.69) is 28.9 Å². The van der Waals surface area contributed by atoms with Crippen molar-refractivity contribution in [1.29, 1.82) is 0 Å². The van der Waals surface area contributed by atoms with Crippen LogP contribution in [-0.4, -0.2) is 43.6 Å². The summed E-state index contributed by atoms with van der Waals surface area (Å²) < 4.78 is 1.57. The summed E-state index contributed by atoms with van der Waals surface area (Å²) >= 11 is 0. The number of carbonyl (C=O) groups excluding carboxylic acids is 1. The van der Waals surface area contributed by atoms with Crippen molar-refractivity contribution in [2.24, 2.45) is 11.8 Å². The summed E-state index contributed by atoms with van der Waals surface area (Å²) in [6.45, 7) is 6.18. The Bertz CT molecular complexity index is 620. The van der Waals surface area contributed by atoms with Gasteiger partial charge in [0.2, 0.25) is 0 Å². The minimum atomic E-state index is 0.0731. The topological polar surface area (TPSA) is 63.9 Å². The van der Waals surface area contributed by atoms with Gasteiger partial charge in [-0.1, -0.05) is 13.8 Å². The fraction of sp³-hybridized carbons (Fsp3) is 0.500. The first-order chi connectivity index (χ1) is 10.6. The molecule has 6 nitrogen and oxygen atoms in total. The fourth-order valence-electron chi connectivity index (χ4n) is 3.03. The number of carbonyl (C=O) groups is 1. The predicted molar refractivity (Wildman–Crippen MR) is 82.6 cm³/mol. The van der Waals surface area contributed by atoms with Crippen LogP contribution in [-0.2, 0) is 0 Å². The molecule has 0 N–H and O–H groups in total. The highest BCUT2D eigenvalue weighted by Crippen LogP contribution is 2.24. The standard InChI is InChI=1S/C16H21N5O/c1-12(2)7-13-5-6-20(9-13)16(22)14-3-4-15(18-8-14)21-11-17-10-19-21/h3-4,8,10-13H,5-7,9H2,1-2H3. The quantitative estimate of drug-likeness (QED) is 0.868. The van der Waals surface area contributed by atoms with Gasteiger partial charge in [-0.05, 0) is 36.8 Å². The van der Waals surface area contributed by atoms with E-state index in [-0.39, 0.29) is 5.91 Å². The monoisotopic (exact) mass is 299 g/mol. The average Bonchev–Trinajstić information content (AvgIpc) is 3.17. The van der Waals surface area contributed by atoms with Gasteiger partial charge < -0.3 is 4.90 Å². The number of hydrogen-bond acceptors (Lipinski definition) is 4. The van der Waals surface area contributed by atoms with E-state index in [0.29, 0.717) is 23.2 Å². The van der Waals surface area contributed by atoms with Crippen LogP contribution in [0.3, 0.4) is 0 Å². The third kappa shape index (κ3) is 3.16. The Morgan fingerprint density at radius 1 is 1.41 bits per heavy atom. The molecule has 1 saturated heterocycles. The zero-order chi connectivity index (χ0) is 15.5. The third-order valence-electron chi connectivity index (χ3n) is 4.03. The Labute approximate surface area is 130 Å². The summed E-state index contributed by atoms with van der Waals surface area (Å²) in [4.78, 5) is 22.7. The molecule has 0 saturated carbocycles. The van der Waals surface area contributed by atoms with E-state index in [9.17, 15) is 4.79 Å². The lowest BCUT2D eigenvalue weighted by molar-refractivity contribution is 0.0785. The average molecular weight is 299 g/mol. The van der Waals surface area contributed by atoms with Gasteiger partial charge >= 0.3 is 0 Å². The zero-order valence-electron chi connectivity index (χ0n) is 13.0. The first kappa shape index (κ1) is 14.7. The highest BCUT2D eigenvalue weighted by atomic mass is 16.2. The molecule has 1 fully saturated rings. The molecule has 22 heavy (non-hydrogen) atoms. The van der Waals surface area contributed by atoms with Crippen LogP contribution in [0.25, 0.3) is 5.82 Å². The number of hydrogen-bond donors (Lipinski definition) is 0. The number of nitrogens with zero attached hydrogens (tertiary/aromatic N) is 5. The lowest BCUT2D eigenvalue weighted by Gasteiger charge is -2.17. The Morgan fingerprint density at radius 2 is 2.27 bits per heavy atom. The van der Waals surface area contributed by atoms with Crippen molar-refractivity contribution in [3.05, 3.63) is 36.5 Å². The summed E-state index contributed by atoms with van der Waals surface area (Å²) in [7, 11) is 0. The molecule has 116 valence electrons. The van der Waals surface area contributed by atoms with Crippen molar-refractivity contribution in [2.75, 3.05) is 13.1 Å². The van der Waals surface area contributed by atoms with Gasteiger partial charge in [-0.3, -0.25) is 4.79 Å². The molecule has 0 radical (unpaired) electrons. The van der Waals surface area contributed by atoms with E-state index in [1.807, 2.05) is 11.0 Å². The van der Waals surface area contributed by atoms with Gasteiger partial charge in [-0.25, -0.2) is 14.6 Å². The second-order valence-corrected chi connectivity index (χ2v) is 6.28. The molecule has 6 heteroatoms. The molecule has 1 amide bonds. The summed E-state index contributed by atoms with van der Waals surface area (Å²) in [6.07, 6.45) is 6.96. The molecule has 1 aliphatic heterocycles. The van der Waals surface area contributed by atoms with E-state index in [1.165, 1.54) is 12.7 Å². The van der Waals surface area contributed by atoms with E-state index < -0.39 is 0 Å². The van der Waals surface area contributed by atoms with Crippen LogP contribution in [0.15, 0.2) is 31.0 Å². The summed E-state index contributed by atoms with van der Waals surface area (Å²) in [5.41, 5.74) is 0.633. The summed E-state index contributed by atoms with van der Waals surface area (Å²) in [5, 5.41) is 4.02. The maximum Gasteiger partial charge on any atom is 0.255 e. The smallest absolute Gasteiger partial charge is 0.255 e. The number of amides is 1. The number of likely N-dealkylation sites (tertiary alicyclic amines) is 1. The van der Waals surface area contributed by atoms with Crippen LogP contribution in [0.5, 0.6) is 0 Å².